The van der Waals surface area contributed by atoms with Crippen molar-refractivity contribution >= 4 is 71.6 Å². The number of anilines is 1. The van der Waals surface area contributed by atoms with Crippen molar-refractivity contribution < 1.29 is 61.2 Å². The van der Waals surface area contributed by atoms with Gasteiger partial charge in [0.05, 0.1) is 25.1 Å². The number of amides is 1. The van der Waals surface area contributed by atoms with Crippen LogP contribution in [0.5, 0.6) is 5.75 Å². The lowest BCUT2D eigenvalue weighted by molar-refractivity contribution is -0.137. The van der Waals surface area contributed by atoms with Crippen LogP contribution < -0.4 is 25.4 Å². The molecule has 0 fully saturated rings. The minimum atomic E-state index is -4.10. The van der Waals surface area contributed by atoms with Gasteiger partial charge in [0.1, 0.15) is 34.2 Å². The van der Waals surface area contributed by atoms with E-state index in [1.807, 2.05) is 4.57 Å². The highest BCUT2D eigenvalue weighted by Crippen LogP contribution is 2.38. The van der Waals surface area contributed by atoms with Crippen LogP contribution >= 0.6 is 42.3 Å². The maximum absolute atomic E-state index is 14.5. The molecular formula is C34H35Cl2F4N8O10PS. The Morgan fingerprint density at radius 3 is 2.42 bits per heavy atom. The van der Waals surface area contributed by atoms with Gasteiger partial charge < -0.3 is 29.3 Å². The molecule has 0 bridgehead atoms. The number of nitrogens with one attached hydrogen (secondary N) is 1. The third-order valence-electron chi connectivity index (χ3n) is 8.22. The van der Waals surface area contributed by atoms with E-state index in [1.54, 1.807) is 0 Å². The highest BCUT2D eigenvalue weighted by molar-refractivity contribution is 7.51. The lowest BCUT2D eigenvalue weighted by Gasteiger charge is -2.28. The highest BCUT2D eigenvalue weighted by Gasteiger charge is 2.31. The number of hydrogen-bond donors (Lipinski definition) is 5. The average molecular weight is 926 g/mol. The molecule has 0 spiro atoms. The second kappa shape index (κ2) is 19.5. The summed E-state index contributed by atoms with van der Waals surface area (Å²) in [5.74, 6) is -0.828. The van der Waals surface area contributed by atoms with Gasteiger partial charge in [-0.2, -0.15) is 17.8 Å². The van der Waals surface area contributed by atoms with Gasteiger partial charge in [-0.05, 0) is 36.1 Å². The van der Waals surface area contributed by atoms with Crippen LogP contribution in [0.25, 0.3) is 5.69 Å². The van der Waals surface area contributed by atoms with E-state index in [0.29, 0.717) is 20.9 Å². The first kappa shape index (κ1) is 47.6. The van der Waals surface area contributed by atoms with Crippen molar-refractivity contribution in [2.45, 2.75) is 52.1 Å². The molecule has 2 aliphatic rings. The Balaban J connectivity index is 0.000000218. The second-order valence-corrected chi connectivity index (χ2v) is 16.9. The van der Waals surface area contributed by atoms with Crippen LogP contribution in [-0.2, 0) is 38.3 Å². The molecule has 0 saturated carbocycles. The molecule has 1 amide bonds. The Hall–Kier alpha value is -5.08. The number of nitrogens with zero attached hydrogens (tertiary/aromatic N) is 7. The Kier molecular flexibility index (Phi) is 15.5. The fourth-order valence-electron chi connectivity index (χ4n) is 5.59. The molecule has 4 aromatic rings. The first-order valence-corrected chi connectivity index (χ1v) is 20.4. The third kappa shape index (κ3) is 12.0. The Bertz CT molecular complexity index is 2520. The number of aliphatic carboxylic acids is 2. The van der Waals surface area contributed by atoms with Gasteiger partial charge in [-0.3, -0.25) is 29.2 Å². The quantitative estimate of drug-likeness (QED) is 0.0623. The van der Waals surface area contributed by atoms with Gasteiger partial charge in [0.2, 0.25) is 4.80 Å². The minimum Gasteiger partial charge on any atom is -0.481 e. The topological polar surface area (TPSA) is 244 Å². The summed E-state index contributed by atoms with van der Waals surface area (Å²) in [5, 5.41) is 21.0. The number of carbonyl (C=O) groups excluding carboxylic acids is 1. The van der Waals surface area contributed by atoms with Crippen molar-refractivity contribution in [2.24, 2.45) is 10.4 Å². The Morgan fingerprint density at radius 2 is 1.83 bits per heavy atom. The van der Waals surface area contributed by atoms with Gasteiger partial charge in [0.25, 0.3) is 5.91 Å². The smallest absolute Gasteiger partial charge is 0.355 e. The summed E-state index contributed by atoms with van der Waals surface area (Å²) in [6.07, 6.45) is 5.36. The summed E-state index contributed by atoms with van der Waals surface area (Å²) in [6, 6.07) is 4.65. The van der Waals surface area contributed by atoms with Gasteiger partial charge in [0, 0.05) is 42.0 Å². The van der Waals surface area contributed by atoms with Crippen LogP contribution in [0.15, 0.2) is 34.1 Å². The van der Waals surface area contributed by atoms with Gasteiger partial charge in [-0.1, -0.05) is 31.4 Å². The maximum atomic E-state index is 14.5. The van der Waals surface area contributed by atoms with E-state index >= 15 is 0 Å². The molecule has 2 aromatic carbocycles. The molecule has 6 rings (SSSR count). The molecular weight excluding hydrogens is 890 g/mol. The van der Waals surface area contributed by atoms with Crippen molar-refractivity contribution in [2.75, 3.05) is 30.9 Å². The summed E-state index contributed by atoms with van der Waals surface area (Å²) in [4.78, 5) is 67.5. The predicted octanol–water partition coefficient (Wildman–Crippen LogP) is 3.82. The van der Waals surface area contributed by atoms with Crippen LogP contribution in [0.2, 0.25) is 5.02 Å². The lowest BCUT2D eigenvalue weighted by Crippen LogP contribution is -2.39. The van der Waals surface area contributed by atoms with E-state index in [4.69, 9.17) is 54.4 Å². The zero-order valence-corrected chi connectivity index (χ0v) is 34.7. The normalized spacial score (nSPS) is 14.9. The number of fused-ring (bicyclic) bond motifs is 2. The van der Waals surface area contributed by atoms with Gasteiger partial charge >= 0.3 is 31.8 Å². The van der Waals surface area contributed by atoms with E-state index in [0.717, 1.165) is 37.8 Å². The summed E-state index contributed by atoms with van der Waals surface area (Å²) in [5.41, 5.74) is -0.865. The van der Waals surface area contributed by atoms with E-state index in [1.165, 1.54) is 28.6 Å². The number of ether oxygens (including phenoxy) is 1. The van der Waals surface area contributed by atoms with E-state index in [-0.39, 0.29) is 57.6 Å². The number of hydrogen-bond acceptors (Lipinski definition) is 11. The van der Waals surface area contributed by atoms with Gasteiger partial charge in [0.15, 0.2) is 18.2 Å². The zero-order valence-electron chi connectivity index (χ0n) is 31.5. The number of alkyl halides is 3. The fourth-order valence-corrected chi connectivity index (χ4v) is 7.15. The molecule has 18 nitrogen and oxygen atoms in total. The van der Waals surface area contributed by atoms with Crippen molar-refractivity contribution in [3.05, 3.63) is 73.4 Å². The molecule has 1 atom stereocenters. The molecule has 2 aliphatic heterocycles. The summed E-state index contributed by atoms with van der Waals surface area (Å²) in [7, 11) is -4.10. The molecule has 324 valence electrons. The number of benzene rings is 2. The number of carboxylic acids is 2. The fraction of sp³-hybridized carbons (Fsp3) is 0.382. The van der Waals surface area contributed by atoms with E-state index in [2.05, 4.69) is 39.5 Å². The number of carboxylic acid groups (broad SMARTS) is 2. The number of aromatic nitrogens is 5. The molecule has 26 heteroatoms. The Morgan fingerprint density at radius 1 is 1.15 bits per heavy atom. The van der Waals surface area contributed by atoms with Gasteiger partial charge in [-0.15, -0.1) is 23.1 Å². The number of halogens is 6. The molecule has 5 N–H and O–H groups in total. The SMILES string of the molecule is C#CCN1C(=O)COc2cc(F)c(N=c3snc4n3CC(C)(C)C4)cc21.Cc1nn(-c2cc(CC(Cl)C(=O)O)c(Cl)cc2F)c(=O)n1C(F)F.O=C(O)CNCP(=O)(O)O. The molecule has 60 heavy (non-hydrogen) atoms. The van der Waals surface area contributed by atoms with Crippen molar-refractivity contribution in [3.8, 4) is 23.8 Å². The summed E-state index contributed by atoms with van der Waals surface area (Å²) >= 11 is 12.7. The zero-order chi connectivity index (χ0) is 44.9. The molecule has 0 aliphatic carbocycles. The van der Waals surface area contributed by atoms with Crippen LogP contribution in [0.3, 0.4) is 0 Å². The van der Waals surface area contributed by atoms with Crippen molar-refractivity contribution in [1.29, 1.82) is 0 Å². The lowest BCUT2D eigenvalue weighted by atomic mass is 9.92. The van der Waals surface area contributed by atoms with Gasteiger partial charge in [-0.25, -0.2) is 23.1 Å². The number of aryl methyl sites for hydroxylation is 1. The van der Waals surface area contributed by atoms with E-state index < -0.39 is 67.3 Å². The molecule has 1 unspecified atom stereocenters. The van der Waals surface area contributed by atoms with E-state index in [9.17, 15) is 41.3 Å². The minimum absolute atomic E-state index is 0.0926. The number of carbonyl (C=O) groups is 3. The van der Waals surface area contributed by atoms with Crippen molar-refractivity contribution in [3.63, 3.8) is 0 Å². The van der Waals surface area contributed by atoms with Crippen LogP contribution in [0.1, 0.15) is 37.6 Å². The largest absolute Gasteiger partial charge is 0.481 e. The Labute approximate surface area is 351 Å². The number of rotatable bonds is 11. The molecule has 0 radical (unpaired) electrons. The standard InChI is InChI=1S/C18H17FN4O2S.C13H10Cl2F3N3O3.C3H8NO5P/c1-4-5-22-13-7-12(11(19)6-14(13)25-9-16(22)24)20-17-23-10-18(2,3)8-15(23)21-26-17;1-5-19-21(13(24)20(5)12(17)18)10-3-6(2-8(15)11(22)23)7(14)4-9(10)16;5-3(6)1-4-2-10(7,8)9/h1,6-7H,5,8-10H2,2-3H3;3-4,8,12H,2H2,1H3,(H,22,23);4H,1-2H2,(H,5,6)(H2,7,8,9). The van der Waals surface area contributed by atoms with Crippen LogP contribution in [-0.4, -0.2) is 92.5 Å². The molecule has 2 aromatic heterocycles. The monoisotopic (exact) mass is 924 g/mol. The first-order valence-electron chi connectivity index (χ1n) is 17.0. The third-order valence-corrected chi connectivity index (χ3v) is 10.3. The predicted molar refractivity (Wildman–Crippen MR) is 208 cm³/mol. The highest BCUT2D eigenvalue weighted by atomic mass is 35.5. The summed E-state index contributed by atoms with van der Waals surface area (Å²) < 4.78 is 76.7. The molecule has 0 saturated heterocycles. The maximum Gasteiger partial charge on any atom is 0.355 e. The van der Waals surface area contributed by atoms with Crippen molar-refractivity contribution in [1.82, 2.24) is 28.6 Å². The first-order chi connectivity index (χ1) is 27.9. The second-order valence-electron chi connectivity index (χ2n) is 13.6. The van der Waals surface area contributed by atoms with Crippen LogP contribution in [0.4, 0.5) is 28.9 Å². The number of terminal acetylenes is 1. The summed E-state index contributed by atoms with van der Waals surface area (Å²) in [6.45, 7) is 2.64. The molecule has 4 heterocycles. The average Bonchev–Trinajstić information content (AvgIpc) is 3.75. The van der Waals surface area contributed by atoms with Crippen LogP contribution in [0, 0.1) is 36.3 Å².